The fourth-order valence-corrected chi connectivity index (χ4v) is 3.79. The Hall–Kier alpha value is -1.35. The molecule has 2 fully saturated rings. The standard InChI is InChI=1S/C18H26N2O/c1-18(10-6-11-19-14-18)17(21)20-12-5-9-16(20)13-15-7-3-2-4-8-15/h2-4,7-8,16,19H,5-6,9-14H2,1H3. The molecule has 0 aromatic heterocycles. The zero-order valence-electron chi connectivity index (χ0n) is 13.0. The summed E-state index contributed by atoms with van der Waals surface area (Å²) in [5, 5.41) is 3.40. The highest BCUT2D eigenvalue weighted by molar-refractivity contribution is 5.83. The van der Waals surface area contributed by atoms with Crippen LogP contribution in [0.25, 0.3) is 0 Å². The van der Waals surface area contributed by atoms with Gasteiger partial charge in [-0.3, -0.25) is 4.79 Å². The van der Waals surface area contributed by atoms with Crippen molar-refractivity contribution >= 4 is 5.91 Å². The van der Waals surface area contributed by atoms with E-state index < -0.39 is 0 Å². The molecule has 1 aromatic rings. The first-order valence-electron chi connectivity index (χ1n) is 8.25. The molecular weight excluding hydrogens is 260 g/mol. The van der Waals surface area contributed by atoms with E-state index in [-0.39, 0.29) is 5.41 Å². The van der Waals surface area contributed by atoms with Gasteiger partial charge in [-0.1, -0.05) is 30.3 Å². The van der Waals surface area contributed by atoms with Crippen molar-refractivity contribution < 1.29 is 4.79 Å². The molecule has 0 saturated carbocycles. The molecule has 0 spiro atoms. The van der Waals surface area contributed by atoms with Crippen LogP contribution in [0.3, 0.4) is 0 Å². The Kier molecular flexibility index (Phi) is 4.29. The molecule has 0 radical (unpaired) electrons. The molecule has 3 heteroatoms. The summed E-state index contributed by atoms with van der Waals surface area (Å²) in [6.07, 6.45) is 5.42. The minimum atomic E-state index is -0.197. The van der Waals surface area contributed by atoms with Crippen molar-refractivity contribution in [2.45, 2.75) is 45.1 Å². The minimum absolute atomic E-state index is 0.197. The van der Waals surface area contributed by atoms with E-state index in [1.54, 1.807) is 0 Å². The van der Waals surface area contributed by atoms with Gasteiger partial charge in [-0.25, -0.2) is 0 Å². The maximum atomic E-state index is 13.0. The first kappa shape index (κ1) is 14.6. The van der Waals surface area contributed by atoms with Gasteiger partial charge in [0, 0.05) is 19.1 Å². The van der Waals surface area contributed by atoms with Crippen molar-refractivity contribution in [3.8, 4) is 0 Å². The second kappa shape index (κ2) is 6.18. The lowest BCUT2D eigenvalue weighted by Gasteiger charge is -2.38. The zero-order valence-corrected chi connectivity index (χ0v) is 13.0. The van der Waals surface area contributed by atoms with Crippen LogP contribution in [0.15, 0.2) is 30.3 Å². The third kappa shape index (κ3) is 3.13. The van der Waals surface area contributed by atoms with Gasteiger partial charge in [-0.2, -0.15) is 0 Å². The van der Waals surface area contributed by atoms with Gasteiger partial charge in [0.05, 0.1) is 5.41 Å². The molecule has 2 atom stereocenters. The third-order valence-electron chi connectivity index (χ3n) is 5.07. The molecule has 0 aliphatic carbocycles. The van der Waals surface area contributed by atoms with Crippen LogP contribution in [0.2, 0.25) is 0 Å². The fourth-order valence-electron chi connectivity index (χ4n) is 3.79. The molecule has 1 aromatic carbocycles. The fraction of sp³-hybridized carbons (Fsp3) is 0.611. The van der Waals surface area contributed by atoms with Gasteiger partial charge in [0.25, 0.3) is 0 Å². The molecule has 3 nitrogen and oxygen atoms in total. The molecule has 0 bridgehead atoms. The van der Waals surface area contributed by atoms with Gasteiger partial charge in [0.1, 0.15) is 0 Å². The van der Waals surface area contributed by atoms with Crippen LogP contribution in [0, 0.1) is 5.41 Å². The molecule has 1 N–H and O–H groups in total. The number of rotatable bonds is 3. The number of piperidine rings is 1. The number of carbonyl (C=O) groups excluding carboxylic acids is 1. The van der Waals surface area contributed by atoms with Crippen LogP contribution < -0.4 is 5.32 Å². The Morgan fingerprint density at radius 2 is 2.14 bits per heavy atom. The molecule has 2 unspecified atom stereocenters. The number of likely N-dealkylation sites (tertiary alicyclic amines) is 1. The van der Waals surface area contributed by atoms with E-state index in [1.807, 2.05) is 0 Å². The summed E-state index contributed by atoms with van der Waals surface area (Å²) >= 11 is 0. The van der Waals surface area contributed by atoms with Crippen molar-refractivity contribution in [2.75, 3.05) is 19.6 Å². The van der Waals surface area contributed by atoms with E-state index in [2.05, 4.69) is 47.5 Å². The average molecular weight is 286 g/mol. The number of carbonyl (C=O) groups is 1. The van der Waals surface area contributed by atoms with E-state index in [4.69, 9.17) is 0 Å². The number of benzene rings is 1. The molecule has 114 valence electrons. The monoisotopic (exact) mass is 286 g/mol. The highest BCUT2D eigenvalue weighted by Gasteiger charge is 2.41. The maximum Gasteiger partial charge on any atom is 0.230 e. The highest BCUT2D eigenvalue weighted by atomic mass is 16.2. The van der Waals surface area contributed by atoms with Gasteiger partial charge < -0.3 is 10.2 Å². The maximum absolute atomic E-state index is 13.0. The normalized spacial score (nSPS) is 29.6. The number of nitrogens with zero attached hydrogens (tertiary/aromatic N) is 1. The van der Waals surface area contributed by atoms with E-state index in [1.165, 1.54) is 5.56 Å². The molecule has 2 saturated heterocycles. The smallest absolute Gasteiger partial charge is 0.230 e. The van der Waals surface area contributed by atoms with Gasteiger partial charge >= 0.3 is 0 Å². The second-order valence-corrected chi connectivity index (χ2v) is 6.83. The Morgan fingerprint density at radius 1 is 1.33 bits per heavy atom. The first-order chi connectivity index (χ1) is 10.2. The van der Waals surface area contributed by atoms with E-state index in [0.717, 1.165) is 51.7 Å². The van der Waals surface area contributed by atoms with Crippen LogP contribution in [-0.2, 0) is 11.2 Å². The summed E-state index contributed by atoms with van der Waals surface area (Å²) < 4.78 is 0. The Morgan fingerprint density at radius 3 is 2.86 bits per heavy atom. The summed E-state index contributed by atoms with van der Waals surface area (Å²) in [6, 6.07) is 11.0. The lowest BCUT2D eigenvalue weighted by molar-refractivity contribution is -0.143. The SMILES string of the molecule is CC1(C(=O)N2CCCC2Cc2ccccc2)CCCNC1. The summed E-state index contributed by atoms with van der Waals surface area (Å²) in [5.41, 5.74) is 1.14. The Balaban J connectivity index is 1.70. The minimum Gasteiger partial charge on any atom is -0.339 e. The van der Waals surface area contributed by atoms with Crippen LogP contribution >= 0.6 is 0 Å². The summed E-state index contributed by atoms with van der Waals surface area (Å²) in [6.45, 7) is 4.96. The lowest BCUT2D eigenvalue weighted by Crippen LogP contribution is -2.51. The number of hydrogen-bond acceptors (Lipinski definition) is 2. The molecular formula is C18H26N2O. The van der Waals surface area contributed by atoms with Crippen molar-refractivity contribution in [3.63, 3.8) is 0 Å². The average Bonchev–Trinajstić information content (AvgIpc) is 2.96. The van der Waals surface area contributed by atoms with Gasteiger partial charge in [-0.05, 0) is 51.1 Å². The summed E-state index contributed by atoms with van der Waals surface area (Å²) in [5.74, 6) is 0.369. The molecule has 2 aliphatic rings. The third-order valence-corrected chi connectivity index (χ3v) is 5.07. The largest absolute Gasteiger partial charge is 0.339 e. The van der Waals surface area contributed by atoms with Gasteiger partial charge in [-0.15, -0.1) is 0 Å². The predicted molar refractivity (Wildman–Crippen MR) is 85.1 cm³/mol. The number of hydrogen-bond donors (Lipinski definition) is 1. The summed E-state index contributed by atoms with van der Waals surface area (Å²) in [7, 11) is 0. The van der Waals surface area contributed by atoms with E-state index >= 15 is 0 Å². The van der Waals surface area contributed by atoms with Crippen LogP contribution in [0.1, 0.15) is 38.2 Å². The van der Waals surface area contributed by atoms with Crippen LogP contribution in [0.5, 0.6) is 0 Å². The van der Waals surface area contributed by atoms with Gasteiger partial charge in [0.15, 0.2) is 0 Å². The Bertz CT molecular complexity index is 479. The van der Waals surface area contributed by atoms with Crippen molar-refractivity contribution in [3.05, 3.63) is 35.9 Å². The molecule has 3 rings (SSSR count). The first-order valence-corrected chi connectivity index (χ1v) is 8.25. The zero-order chi connectivity index (χ0) is 14.7. The Labute approximate surface area is 127 Å². The molecule has 2 heterocycles. The topological polar surface area (TPSA) is 32.3 Å². The number of nitrogens with one attached hydrogen (secondary N) is 1. The predicted octanol–water partition coefficient (Wildman–Crippen LogP) is 2.61. The summed E-state index contributed by atoms with van der Waals surface area (Å²) in [4.78, 5) is 15.2. The van der Waals surface area contributed by atoms with Crippen LogP contribution in [0.4, 0.5) is 0 Å². The van der Waals surface area contributed by atoms with Gasteiger partial charge in [0.2, 0.25) is 5.91 Å². The van der Waals surface area contributed by atoms with E-state index in [9.17, 15) is 4.79 Å². The van der Waals surface area contributed by atoms with E-state index in [0.29, 0.717) is 11.9 Å². The molecule has 1 amide bonds. The number of amides is 1. The highest BCUT2D eigenvalue weighted by Crippen LogP contribution is 2.32. The molecule has 21 heavy (non-hydrogen) atoms. The quantitative estimate of drug-likeness (QED) is 0.926. The van der Waals surface area contributed by atoms with Crippen molar-refractivity contribution in [2.24, 2.45) is 5.41 Å². The van der Waals surface area contributed by atoms with Crippen molar-refractivity contribution in [1.82, 2.24) is 10.2 Å². The van der Waals surface area contributed by atoms with Crippen LogP contribution in [-0.4, -0.2) is 36.5 Å². The van der Waals surface area contributed by atoms with Crippen molar-refractivity contribution in [1.29, 1.82) is 0 Å². The molecule has 2 aliphatic heterocycles. The lowest BCUT2D eigenvalue weighted by atomic mass is 9.81. The second-order valence-electron chi connectivity index (χ2n) is 6.83.